The molecule has 0 spiro atoms. The second-order valence-corrected chi connectivity index (χ2v) is 7.66. The molecule has 156 valence electrons. The Morgan fingerprint density at radius 1 is 0.867 bits per heavy atom. The van der Waals surface area contributed by atoms with Gasteiger partial charge in [0.05, 0.1) is 7.11 Å². The predicted octanol–water partition coefficient (Wildman–Crippen LogP) is 5.77. The summed E-state index contributed by atoms with van der Waals surface area (Å²) in [4.78, 5) is 15.1. The van der Waals surface area contributed by atoms with Gasteiger partial charge in [0, 0.05) is 18.0 Å². The van der Waals surface area contributed by atoms with Crippen molar-refractivity contribution in [2.75, 3.05) is 7.11 Å². The topological polar surface area (TPSA) is 38.8 Å². The van der Waals surface area contributed by atoms with Crippen LogP contribution < -0.4 is 9.47 Å². The summed E-state index contributed by atoms with van der Waals surface area (Å²) in [6.07, 6.45) is -0.537. The van der Waals surface area contributed by atoms with E-state index in [0.29, 0.717) is 6.54 Å². The first-order valence-electron chi connectivity index (χ1n) is 10.2. The number of benzene rings is 3. The lowest BCUT2D eigenvalue weighted by atomic mass is 10.1. The van der Waals surface area contributed by atoms with Gasteiger partial charge in [-0.3, -0.25) is 9.69 Å². The molecule has 0 radical (unpaired) electrons. The zero-order valence-electron chi connectivity index (χ0n) is 18.0. The Balaban J connectivity index is 1.99. The number of nitrogens with zero attached hydrogens (tertiary/aromatic N) is 1. The van der Waals surface area contributed by atoms with Crippen LogP contribution in [-0.2, 0) is 11.3 Å². The van der Waals surface area contributed by atoms with Crippen molar-refractivity contribution < 1.29 is 14.3 Å². The normalized spacial score (nSPS) is 11.8. The van der Waals surface area contributed by atoms with Gasteiger partial charge < -0.3 is 9.47 Å². The van der Waals surface area contributed by atoms with E-state index in [9.17, 15) is 4.79 Å². The van der Waals surface area contributed by atoms with Gasteiger partial charge in [-0.2, -0.15) is 0 Å². The first-order valence-corrected chi connectivity index (χ1v) is 10.2. The number of hydrogen-bond acceptors (Lipinski definition) is 3. The summed E-state index contributed by atoms with van der Waals surface area (Å²) in [6, 6.07) is 25.5. The Morgan fingerprint density at radius 3 is 2.07 bits per heavy atom. The third-order valence-electron chi connectivity index (χ3n) is 4.93. The molecule has 0 heterocycles. The predicted molar refractivity (Wildman–Crippen MR) is 119 cm³/mol. The molecule has 0 aliphatic heterocycles. The van der Waals surface area contributed by atoms with Crippen LogP contribution in [0.4, 0.5) is 0 Å². The maximum absolute atomic E-state index is 13.3. The van der Waals surface area contributed by atoms with E-state index in [0.717, 1.165) is 28.2 Å². The van der Waals surface area contributed by atoms with Gasteiger partial charge in [-0.1, -0.05) is 74.0 Å². The van der Waals surface area contributed by atoms with Crippen molar-refractivity contribution in [3.05, 3.63) is 95.6 Å². The lowest BCUT2D eigenvalue weighted by molar-refractivity contribution is -0.144. The van der Waals surface area contributed by atoms with Crippen LogP contribution in [0.1, 0.15) is 36.8 Å². The number of methoxy groups -OCH3 is 1. The maximum Gasteiger partial charge on any atom is 0.228 e. The van der Waals surface area contributed by atoms with E-state index in [-0.39, 0.29) is 11.8 Å². The molecule has 0 aliphatic carbocycles. The summed E-state index contributed by atoms with van der Waals surface area (Å²) >= 11 is 0. The molecule has 1 amide bonds. The van der Waals surface area contributed by atoms with Crippen molar-refractivity contribution >= 4 is 5.91 Å². The van der Waals surface area contributed by atoms with Crippen LogP contribution in [0.5, 0.6) is 11.5 Å². The highest BCUT2D eigenvalue weighted by Crippen LogP contribution is 2.29. The number of para-hydroxylation sites is 1. The van der Waals surface area contributed by atoms with Crippen molar-refractivity contribution in [2.24, 2.45) is 5.92 Å². The number of amides is 1. The number of carbonyl (C=O) groups excluding carboxylic acids is 1. The summed E-state index contributed by atoms with van der Waals surface area (Å²) in [7, 11) is 1.64. The summed E-state index contributed by atoms with van der Waals surface area (Å²) in [5.41, 5.74) is 3.11. The van der Waals surface area contributed by atoms with Crippen LogP contribution >= 0.6 is 0 Å². The van der Waals surface area contributed by atoms with Crippen molar-refractivity contribution in [3.8, 4) is 11.5 Å². The Labute approximate surface area is 179 Å². The zero-order chi connectivity index (χ0) is 21.5. The number of hydrogen-bond donors (Lipinski definition) is 0. The summed E-state index contributed by atoms with van der Waals surface area (Å²) < 4.78 is 11.6. The van der Waals surface area contributed by atoms with Crippen LogP contribution in [-0.4, -0.2) is 17.9 Å². The Kier molecular flexibility index (Phi) is 7.12. The van der Waals surface area contributed by atoms with Gasteiger partial charge in [0.15, 0.2) is 0 Å². The van der Waals surface area contributed by atoms with E-state index < -0.39 is 6.23 Å². The molecule has 0 saturated carbocycles. The molecule has 1 unspecified atom stereocenters. The quantitative estimate of drug-likeness (QED) is 0.449. The van der Waals surface area contributed by atoms with E-state index in [2.05, 4.69) is 0 Å². The van der Waals surface area contributed by atoms with E-state index in [1.54, 1.807) is 7.11 Å². The third kappa shape index (κ3) is 5.41. The van der Waals surface area contributed by atoms with E-state index >= 15 is 0 Å². The maximum atomic E-state index is 13.3. The first kappa shape index (κ1) is 21.4. The first-order chi connectivity index (χ1) is 14.5. The fourth-order valence-electron chi connectivity index (χ4n) is 3.21. The third-order valence-corrected chi connectivity index (χ3v) is 4.93. The molecule has 0 aromatic heterocycles. The van der Waals surface area contributed by atoms with E-state index in [1.807, 2.05) is 105 Å². The van der Waals surface area contributed by atoms with Gasteiger partial charge in [-0.05, 0) is 36.8 Å². The highest BCUT2D eigenvalue weighted by Gasteiger charge is 2.29. The minimum Gasteiger partial charge on any atom is -0.497 e. The van der Waals surface area contributed by atoms with E-state index in [1.165, 1.54) is 0 Å². The minimum absolute atomic E-state index is 0.0346. The van der Waals surface area contributed by atoms with Gasteiger partial charge >= 0.3 is 0 Å². The number of ether oxygens (including phenoxy) is 2. The number of carbonyl (C=O) groups is 1. The van der Waals surface area contributed by atoms with Crippen molar-refractivity contribution in [1.82, 2.24) is 4.90 Å². The van der Waals surface area contributed by atoms with Crippen molar-refractivity contribution in [3.63, 3.8) is 0 Å². The molecule has 0 aliphatic rings. The van der Waals surface area contributed by atoms with Crippen LogP contribution in [0.3, 0.4) is 0 Å². The molecule has 3 rings (SSSR count). The SMILES string of the molecule is COc1ccc(CN(C(=O)C(C)C)C(Oc2ccccc2)c2ccc(C)cc2)cc1. The fraction of sp³-hybridized carbons (Fsp3) is 0.269. The highest BCUT2D eigenvalue weighted by atomic mass is 16.5. The molecular weight excluding hydrogens is 374 g/mol. The van der Waals surface area contributed by atoms with Crippen LogP contribution in [0.15, 0.2) is 78.9 Å². The Morgan fingerprint density at radius 2 is 1.50 bits per heavy atom. The molecular formula is C26H29NO3. The molecule has 3 aromatic rings. The largest absolute Gasteiger partial charge is 0.497 e. The summed E-state index contributed by atoms with van der Waals surface area (Å²) in [6.45, 7) is 6.31. The van der Waals surface area contributed by atoms with Gasteiger partial charge in [0.1, 0.15) is 11.5 Å². The average Bonchev–Trinajstić information content (AvgIpc) is 2.77. The summed E-state index contributed by atoms with van der Waals surface area (Å²) in [5, 5.41) is 0. The molecule has 0 saturated heterocycles. The fourth-order valence-corrected chi connectivity index (χ4v) is 3.21. The Bertz CT molecular complexity index is 934. The Hall–Kier alpha value is -3.27. The summed E-state index contributed by atoms with van der Waals surface area (Å²) in [5.74, 6) is 1.39. The van der Waals surface area contributed by atoms with Crippen LogP contribution in [0.2, 0.25) is 0 Å². The molecule has 30 heavy (non-hydrogen) atoms. The minimum atomic E-state index is -0.537. The molecule has 0 bridgehead atoms. The zero-order valence-corrected chi connectivity index (χ0v) is 18.0. The second kappa shape index (κ2) is 9.97. The van der Waals surface area contributed by atoms with Gasteiger partial charge in [0.25, 0.3) is 0 Å². The number of aryl methyl sites for hydroxylation is 1. The second-order valence-electron chi connectivity index (χ2n) is 7.66. The smallest absolute Gasteiger partial charge is 0.228 e. The molecule has 0 N–H and O–H groups in total. The van der Waals surface area contributed by atoms with Crippen molar-refractivity contribution in [2.45, 2.75) is 33.5 Å². The lowest BCUT2D eigenvalue weighted by Crippen LogP contribution is -2.39. The van der Waals surface area contributed by atoms with Crippen LogP contribution in [0, 0.1) is 12.8 Å². The van der Waals surface area contributed by atoms with Crippen molar-refractivity contribution in [1.29, 1.82) is 0 Å². The highest BCUT2D eigenvalue weighted by molar-refractivity contribution is 5.78. The lowest BCUT2D eigenvalue weighted by Gasteiger charge is -2.34. The monoisotopic (exact) mass is 403 g/mol. The average molecular weight is 404 g/mol. The standard InChI is InChI=1S/C26H29NO3/c1-19(2)25(28)27(18-21-12-16-23(29-4)17-13-21)26(22-14-10-20(3)11-15-22)30-24-8-6-5-7-9-24/h5-17,19,26H,18H2,1-4H3. The molecule has 1 atom stereocenters. The van der Waals surface area contributed by atoms with Crippen LogP contribution in [0.25, 0.3) is 0 Å². The van der Waals surface area contributed by atoms with Gasteiger partial charge in [0.2, 0.25) is 12.1 Å². The molecule has 0 fully saturated rings. The molecule has 4 nitrogen and oxygen atoms in total. The number of rotatable bonds is 8. The van der Waals surface area contributed by atoms with Gasteiger partial charge in [-0.15, -0.1) is 0 Å². The molecule has 4 heteroatoms. The molecule has 3 aromatic carbocycles. The van der Waals surface area contributed by atoms with Gasteiger partial charge in [-0.25, -0.2) is 0 Å². The van der Waals surface area contributed by atoms with E-state index in [4.69, 9.17) is 9.47 Å².